The summed E-state index contributed by atoms with van der Waals surface area (Å²) in [5.74, 6) is -0.985. The first kappa shape index (κ1) is 36.2. The average Bonchev–Trinajstić information content (AvgIpc) is 3.57. The van der Waals surface area contributed by atoms with Gasteiger partial charge in [0.1, 0.15) is 0 Å². The molecule has 0 bridgehead atoms. The summed E-state index contributed by atoms with van der Waals surface area (Å²) in [5, 5.41) is 3.73. The topological polar surface area (TPSA) is 114 Å². The van der Waals surface area contributed by atoms with Crippen molar-refractivity contribution in [3.8, 4) is 22.3 Å². The summed E-state index contributed by atoms with van der Waals surface area (Å²) in [6.45, 7) is 0. The van der Waals surface area contributed by atoms with Gasteiger partial charge in [0.2, 0.25) is 0 Å². The van der Waals surface area contributed by atoms with Gasteiger partial charge in [-0.2, -0.15) is 0 Å². The lowest BCUT2D eigenvalue weighted by atomic mass is 9.89. The van der Waals surface area contributed by atoms with Crippen molar-refractivity contribution in [3.63, 3.8) is 0 Å². The lowest BCUT2D eigenvalue weighted by Crippen LogP contribution is -2.29. The fourth-order valence-electron chi connectivity index (χ4n) is 10.1. The van der Waals surface area contributed by atoms with Crippen molar-refractivity contribution in [2.24, 2.45) is 0 Å². The van der Waals surface area contributed by atoms with Crippen LogP contribution in [0.5, 0.6) is 0 Å². The highest BCUT2D eigenvalue weighted by atomic mass is 35.5. The number of amides is 2. The van der Waals surface area contributed by atoms with Gasteiger partial charge in [0.25, 0.3) is 11.8 Å². The van der Waals surface area contributed by atoms with Gasteiger partial charge in [0.15, 0.2) is 21.7 Å². The second-order valence-corrected chi connectivity index (χ2v) is 16.7. The molecule has 1 aliphatic rings. The van der Waals surface area contributed by atoms with Crippen LogP contribution in [0.25, 0.3) is 98.4 Å². The van der Waals surface area contributed by atoms with Crippen molar-refractivity contribution in [2.45, 2.75) is 0 Å². The maximum Gasteiger partial charge on any atom is 0.266 e. The van der Waals surface area contributed by atoms with Crippen LogP contribution in [0, 0.1) is 0 Å². The molecular weight excluding hydrogens is 822 g/mol. The minimum absolute atomic E-state index is 0.155. The first-order valence-corrected chi connectivity index (χ1v) is 20.9. The number of rotatable bonds is 3. The van der Waals surface area contributed by atoms with Gasteiger partial charge in [0.05, 0.1) is 49.9 Å². The minimum Gasteiger partial charge on any atom is -0.308 e. The van der Waals surface area contributed by atoms with E-state index in [1.165, 1.54) is 0 Å². The predicted molar refractivity (Wildman–Crippen MR) is 254 cm³/mol. The predicted octanol–water partition coefficient (Wildman–Crippen LogP) is 10.2. The average molecular weight is 848 g/mol. The van der Waals surface area contributed by atoms with E-state index in [4.69, 9.17) is 11.6 Å². The molecule has 0 spiro atoms. The molecule has 0 fully saturated rings. The molecule has 10 heteroatoms. The molecule has 0 saturated heterocycles. The van der Waals surface area contributed by atoms with E-state index in [0.717, 1.165) is 4.90 Å². The largest absolute Gasteiger partial charge is 0.308 e. The van der Waals surface area contributed by atoms with E-state index in [-0.39, 0.29) is 32.8 Å². The molecule has 0 aliphatic carbocycles. The number of halogens is 1. The minimum atomic E-state index is -0.493. The lowest BCUT2D eigenvalue weighted by Gasteiger charge is -2.17. The van der Waals surface area contributed by atoms with E-state index in [9.17, 15) is 28.8 Å². The number of aromatic nitrogens is 2. The molecule has 2 amide bonds. The molecule has 8 aromatic carbocycles. The molecule has 5 heterocycles. The Morgan fingerprint density at radius 3 is 1.31 bits per heavy atom. The molecule has 300 valence electrons. The molecular formula is C54H26ClN3O6. The Morgan fingerprint density at radius 1 is 0.328 bits per heavy atom. The summed E-state index contributed by atoms with van der Waals surface area (Å²) in [6.07, 6.45) is 0. The second-order valence-electron chi connectivity index (χ2n) is 16.3. The van der Waals surface area contributed by atoms with Gasteiger partial charge >= 0.3 is 0 Å². The van der Waals surface area contributed by atoms with Crippen LogP contribution in [0.15, 0.2) is 177 Å². The van der Waals surface area contributed by atoms with Crippen molar-refractivity contribution >= 4 is 105 Å². The number of fused-ring (bicyclic) bond motifs is 9. The Morgan fingerprint density at radius 2 is 0.766 bits per heavy atom. The van der Waals surface area contributed by atoms with E-state index < -0.39 is 11.8 Å². The van der Waals surface area contributed by atoms with Gasteiger partial charge in [-0.1, -0.05) is 66.2 Å². The molecule has 64 heavy (non-hydrogen) atoms. The third-order valence-electron chi connectivity index (χ3n) is 13.0. The van der Waals surface area contributed by atoms with Crippen LogP contribution in [0.3, 0.4) is 0 Å². The normalized spacial score (nSPS) is 13.0. The first-order chi connectivity index (χ1) is 31.2. The Balaban J connectivity index is 1.12. The van der Waals surface area contributed by atoms with E-state index in [2.05, 4.69) is 0 Å². The van der Waals surface area contributed by atoms with E-state index >= 15 is 0 Å². The number of hydrogen-bond acceptors (Lipinski definition) is 6. The van der Waals surface area contributed by atoms with Gasteiger partial charge in [-0.3, -0.25) is 28.8 Å². The summed E-state index contributed by atoms with van der Waals surface area (Å²) >= 11 is 6.52. The highest BCUT2D eigenvalue weighted by Crippen LogP contribution is 2.41. The summed E-state index contributed by atoms with van der Waals surface area (Å²) in [6, 6.07) is 45.8. The summed E-state index contributed by atoms with van der Waals surface area (Å²) < 4.78 is 3.87. The standard InChI is InChI=1S/C54H26ClN3O6/c55-29-18-19-32-46(24-29)58-45-21-17-28(23-42(45)52(62)36-14-7-12-34(48(36)58)50(32)60)38-26-40-39(53(63)56(54(40)64)30-8-2-1-3-9-30)25-37(38)27-16-20-44-41(22-27)51(61)35-13-6-11-33-47(35)57(44)43-15-5-4-10-31(43)49(33)59/h1-26H. The molecule has 4 aromatic heterocycles. The summed E-state index contributed by atoms with van der Waals surface area (Å²) in [7, 11) is 0. The van der Waals surface area contributed by atoms with Crippen LogP contribution < -0.4 is 26.6 Å². The van der Waals surface area contributed by atoms with Crippen molar-refractivity contribution < 1.29 is 9.59 Å². The fourth-order valence-corrected chi connectivity index (χ4v) is 10.3. The monoisotopic (exact) mass is 847 g/mol. The van der Waals surface area contributed by atoms with Crippen molar-refractivity contribution in [1.82, 2.24) is 8.80 Å². The Kier molecular flexibility index (Phi) is 7.21. The van der Waals surface area contributed by atoms with Crippen molar-refractivity contribution in [2.75, 3.05) is 4.90 Å². The molecule has 0 saturated carbocycles. The van der Waals surface area contributed by atoms with E-state index in [0.29, 0.717) is 109 Å². The van der Waals surface area contributed by atoms with Crippen molar-refractivity contribution in [3.05, 3.63) is 215 Å². The number of carbonyl (C=O) groups is 2. The van der Waals surface area contributed by atoms with E-state index in [1.807, 2.05) is 51.3 Å². The fraction of sp³-hybridized carbons (Fsp3) is 0. The van der Waals surface area contributed by atoms with Crippen LogP contribution in [0.1, 0.15) is 20.7 Å². The van der Waals surface area contributed by atoms with Crippen LogP contribution >= 0.6 is 11.6 Å². The number of carbonyl (C=O) groups excluding carboxylic acids is 2. The number of nitrogens with zero attached hydrogens (tertiary/aromatic N) is 3. The number of benzene rings is 8. The maximum atomic E-state index is 14.6. The Labute approximate surface area is 364 Å². The number of pyridine rings is 4. The van der Waals surface area contributed by atoms with Crippen molar-refractivity contribution in [1.29, 1.82) is 0 Å². The van der Waals surface area contributed by atoms with Gasteiger partial charge < -0.3 is 8.80 Å². The highest BCUT2D eigenvalue weighted by Gasteiger charge is 2.38. The maximum absolute atomic E-state index is 14.6. The highest BCUT2D eigenvalue weighted by molar-refractivity contribution is 6.35. The summed E-state index contributed by atoms with van der Waals surface area (Å²) in [5.41, 5.74) is 5.52. The SMILES string of the molecule is O=C1c2cc(-c3ccc4c(c3)c(=O)c3cccc5c(=O)c6ccccc6n4c53)c(-c3ccc4c(c3)c(=O)c3cccc5c(=O)c6ccc(Cl)cc6n4c35)cc2C(=O)N1c1ccccc1. The van der Waals surface area contributed by atoms with Gasteiger partial charge in [-0.05, 0) is 125 Å². The molecule has 0 atom stereocenters. The van der Waals surface area contributed by atoms with Crippen LogP contribution in [-0.4, -0.2) is 20.6 Å². The molecule has 0 unspecified atom stereocenters. The molecule has 13 rings (SSSR count). The van der Waals surface area contributed by atoms with Gasteiger partial charge in [-0.25, -0.2) is 4.90 Å². The zero-order chi connectivity index (χ0) is 43.3. The number of imide groups is 1. The zero-order valence-corrected chi connectivity index (χ0v) is 33.9. The smallest absolute Gasteiger partial charge is 0.266 e. The van der Waals surface area contributed by atoms with Gasteiger partial charge in [0, 0.05) is 48.1 Å². The van der Waals surface area contributed by atoms with Crippen LogP contribution in [0.2, 0.25) is 5.02 Å². The molecule has 0 radical (unpaired) electrons. The third kappa shape index (κ3) is 4.67. The van der Waals surface area contributed by atoms with Gasteiger partial charge in [-0.15, -0.1) is 0 Å². The molecule has 1 aliphatic heterocycles. The first-order valence-electron chi connectivity index (χ1n) is 20.5. The van der Waals surface area contributed by atoms with E-state index in [1.54, 1.807) is 115 Å². The molecule has 0 N–H and O–H groups in total. The Bertz CT molecular complexity index is 4410. The number of hydrogen-bond donors (Lipinski definition) is 0. The molecule has 12 aromatic rings. The lowest BCUT2D eigenvalue weighted by molar-refractivity contribution is 0.0926. The quantitative estimate of drug-likeness (QED) is 0.0994. The number of para-hydroxylation sites is 4. The molecule has 9 nitrogen and oxygen atoms in total. The Hall–Kier alpha value is -8.53. The van der Waals surface area contributed by atoms with Crippen LogP contribution in [-0.2, 0) is 0 Å². The second kappa shape index (κ2) is 12.8. The zero-order valence-electron chi connectivity index (χ0n) is 33.2. The third-order valence-corrected chi connectivity index (χ3v) is 13.2. The number of anilines is 1. The van der Waals surface area contributed by atoms with Crippen LogP contribution in [0.4, 0.5) is 5.69 Å². The summed E-state index contributed by atoms with van der Waals surface area (Å²) in [4.78, 5) is 86.3.